The molecule has 2 fully saturated rings. The van der Waals surface area contributed by atoms with Gasteiger partial charge >= 0.3 is 0 Å². The largest absolute Gasteiger partial charge is 0.337 e. The van der Waals surface area contributed by atoms with Crippen LogP contribution in [0.1, 0.15) is 16.8 Å². The Morgan fingerprint density at radius 1 is 1.27 bits per heavy atom. The Morgan fingerprint density at radius 2 is 2.00 bits per heavy atom. The third kappa shape index (κ3) is 3.79. The molecule has 2 saturated heterocycles. The number of nitrogens with one attached hydrogen (secondary N) is 1. The zero-order valence-corrected chi connectivity index (χ0v) is 14.6. The summed E-state index contributed by atoms with van der Waals surface area (Å²) in [5.74, 6) is -0.460. The molecule has 0 aromatic heterocycles. The van der Waals surface area contributed by atoms with Gasteiger partial charge in [-0.1, -0.05) is 0 Å². The molecule has 1 amide bonds. The molecule has 1 aromatic carbocycles. The molecule has 0 spiro atoms. The maximum absolute atomic E-state index is 13.4. The van der Waals surface area contributed by atoms with Crippen LogP contribution >= 0.6 is 28.3 Å². The summed E-state index contributed by atoms with van der Waals surface area (Å²) >= 11 is 3.34. The summed E-state index contributed by atoms with van der Waals surface area (Å²) < 4.78 is 14.0. The van der Waals surface area contributed by atoms with Gasteiger partial charge in [0.25, 0.3) is 5.91 Å². The highest BCUT2D eigenvalue weighted by Crippen LogP contribution is 2.23. The first-order valence-corrected chi connectivity index (χ1v) is 8.13. The molecule has 122 valence electrons. The van der Waals surface area contributed by atoms with Crippen molar-refractivity contribution < 1.29 is 9.18 Å². The van der Waals surface area contributed by atoms with Crippen molar-refractivity contribution in [1.29, 1.82) is 0 Å². The number of piperazine rings is 1. The zero-order chi connectivity index (χ0) is 14.8. The number of carbonyl (C=O) groups is 1. The molecule has 2 aliphatic rings. The normalized spacial score (nSPS) is 22.5. The number of likely N-dealkylation sites (tertiary alicyclic amines) is 1. The Balaban J connectivity index is 0.00000176. The van der Waals surface area contributed by atoms with E-state index < -0.39 is 0 Å². The van der Waals surface area contributed by atoms with Gasteiger partial charge in [0.05, 0.1) is 5.56 Å². The molecule has 0 bridgehead atoms. The summed E-state index contributed by atoms with van der Waals surface area (Å²) in [5, 5.41) is 3.34. The standard InChI is InChI=1S/C15H19BrFN3O.ClH/c16-14-2-1-11(17)9-13(14)15(21)20-6-3-12(10-20)19-7-4-18-5-8-19;/h1-2,9,12,18H,3-8,10H2;1H. The van der Waals surface area contributed by atoms with Crippen molar-refractivity contribution in [3.8, 4) is 0 Å². The fraction of sp³-hybridized carbons (Fsp3) is 0.533. The Morgan fingerprint density at radius 3 is 2.73 bits per heavy atom. The van der Waals surface area contributed by atoms with Crippen LogP contribution in [0.5, 0.6) is 0 Å². The summed E-state index contributed by atoms with van der Waals surface area (Å²) in [4.78, 5) is 16.8. The van der Waals surface area contributed by atoms with Crippen LogP contribution in [0.2, 0.25) is 0 Å². The summed E-state index contributed by atoms with van der Waals surface area (Å²) in [6.07, 6.45) is 0.999. The van der Waals surface area contributed by atoms with E-state index in [1.54, 1.807) is 6.07 Å². The molecule has 22 heavy (non-hydrogen) atoms. The van der Waals surface area contributed by atoms with Crippen molar-refractivity contribution in [2.75, 3.05) is 39.3 Å². The Kier molecular flexibility index (Phi) is 6.20. The first-order chi connectivity index (χ1) is 10.1. The van der Waals surface area contributed by atoms with E-state index in [1.165, 1.54) is 12.1 Å². The molecule has 1 unspecified atom stereocenters. The average molecular weight is 393 g/mol. The number of benzene rings is 1. The molecule has 0 aliphatic carbocycles. The lowest BCUT2D eigenvalue weighted by atomic mass is 10.2. The van der Waals surface area contributed by atoms with Crippen LogP contribution in [0.25, 0.3) is 0 Å². The summed E-state index contributed by atoms with van der Waals surface area (Å²) in [6, 6.07) is 4.69. The van der Waals surface area contributed by atoms with Crippen LogP contribution in [0.4, 0.5) is 4.39 Å². The smallest absolute Gasteiger partial charge is 0.255 e. The van der Waals surface area contributed by atoms with E-state index in [2.05, 4.69) is 26.1 Å². The quantitative estimate of drug-likeness (QED) is 0.837. The molecule has 4 nitrogen and oxygen atoms in total. The predicted octanol–water partition coefficient (Wildman–Crippen LogP) is 2.13. The first-order valence-electron chi connectivity index (χ1n) is 7.34. The minimum absolute atomic E-state index is 0. The Bertz CT molecular complexity index is 540. The number of amides is 1. The molecule has 7 heteroatoms. The van der Waals surface area contributed by atoms with Crippen molar-refractivity contribution in [2.45, 2.75) is 12.5 Å². The van der Waals surface area contributed by atoms with Crippen molar-refractivity contribution >= 4 is 34.2 Å². The van der Waals surface area contributed by atoms with E-state index >= 15 is 0 Å². The first kappa shape index (κ1) is 17.7. The van der Waals surface area contributed by atoms with Gasteiger partial charge in [-0.2, -0.15) is 0 Å². The van der Waals surface area contributed by atoms with Crippen molar-refractivity contribution in [1.82, 2.24) is 15.1 Å². The molecule has 3 rings (SSSR count). The second-order valence-corrected chi connectivity index (χ2v) is 6.46. The van der Waals surface area contributed by atoms with E-state index in [9.17, 15) is 9.18 Å². The molecule has 1 aromatic rings. The highest BCUT2D eigenvalue weighted by molar-refractivity contribution is 9.10. The molecule has 1 N–H and O–H groups in total. The van der Waals surface area contributed by atoms with E-state index in [0.717, 1.165) is 45.7 Å². The number of rotatable bonds is 2. The van der Waals surface area contributed by atoms with Crippen LogP contribution in [0.15, 0.2) is 22.7 Å². The highest BCUT2D eigenvalue weighted by Gasteiger charge is 2.31. The van der Waals surface area contributed by atoms with Gasteiger partial charge in [0.1, 0.15) is 5.82 Å². The topological polar surface area (TPSA) is 35.6 Å². The molecule has 1 atom stereocenters. The summed E-state index contributed by atoms with van der Waals surface area (Å²) in [7, 11) is 0. The van der Waals surface area contributed by atoms with Crippen molar-refractivity contribution in [3.05, 3.63) is 34.1 Å². The number of hydrogen-bond donors (Lipinski definition) is 1. The zero-order valence-electron chi connectivity index (χ0n) is 12.2. The lowest BCUT2D eigenvalue weighted by Gasteiger charge is -2.32. The molecule has 2 aliphatic heterocycles. The SMILES string of the molecule is Cl.O=C(c1cc(F)ccc1Br)N1CCC(N2CCNCC2)C1. The minimum Gasteiger partial charge on any atom is -0.337 e. The fourth-order valence-electron chi connectivity index (χ4n) is 3.10. The van der Waals surface area contributed by atoms with Crippen LogP contribution in [0, 0.1) is 5.82 Å². The average Bonchev–Trinajstić information content (AvgIpc) is 3.00. The minimum atomic E-state index is -0.376. The summed E-state index contributed by atoms with van der Waals surface area (Å²) in [6.45, 7) is 5.59. The van der Waals surface area contributed by atoms with Crippen molar-refractivity contribution in [3.63, 3.8) is 0 Å². The van der Waals surface area contributed by atoms with E-state index in [-0.39, 0.29) is 24.1 Å². The van der Waals surface area contributed by atoms with Gasteiger partial charge in [0.2, 0.25) is 0 Å². The third-order valence-corrected chi connectivity index (χ3v) is 4.97. The number of carbonyl (C=O) groups excluding carboxylic acids is 1. The van der Waals surface area contributed by atoms with Crippen LogP contribution in [0.3, 0.4) is 0 Å². The van der Waals surface area contributed by atoms with Gasteiger partial charge in [-0.05, 0) is 40.5 Å². The van der Waals surface area contributed by atoms with E-state index in [1.807, 2.05) is 4.90 Å². The van der Waals surface area contributed by atoms with Gasteiger partial charge in [-0.15, -0.1) is 12.4 Å². The maximum atomic E-state index is 13.4. The monoisotopic (exact) mass is 391 g/mol. The molecule has 0 radical (unpaired) electrons. The van der Waals surface area contributed by atoms with Gasteiger partial charge < -0.3 is 10.2 Å². The second-order valence-electron chi connectivity index (χ2n) is 5.60. The second kappa shape index (κ2) is 7.73. The Hall–Kier alpha value is -0.690. The lowest BCUT2D eigenvalue weighted by molar-refractivity contribution is 0.0772. The Labute approximate surface area is 144 Å². The van der Waals surface area contributed by atoms with Crippen LogP contribution in [-0.2, 0) is 0 Å². The van der Waals surface area contributed by atoms with Gasteiger partial charge in [-0.3, -0.25) is 9.69 Å². The van der Waals surface area contributed by atoms with Crippen LogP contribution in [-0.4, -0.2) is 61.0 Å². The molecular weight excluding hydrogens is 373 g/mol. The molecule has 0 saturated carbocycles. The van der Waals surface area contributed by atoms with Crippen molar-refractivity contribution in [2.24, 2.45) is 0 Å². The fourth-order valence-corrected chi connectivity index (χ4v) is 3.52. The highest BCUT2D eigenvalue weighted by atomic mass is 79.9. The van der Waals surface area contributed by atoms with E-state index in [0.29, 0.717) is 16.1 Å². The number of nitrogens with zero attached hydrogens (tertiary/aromatic N) is 2. The van der Waals surface area contributed by atoms with Gasteiger partial charge in [0.15, 0.2) is 0 Å². The lowest BCUT2D eigenvalue weighted by Crippen LogP contribution is -2.49. The maximum Gasteiger partial charge on any atom is 0.255 e. The van der Waals surface area contributed by atoms with Gasteiger partial charge in [-0.25, -0.2) is 4.39 Å². The third-order valence-electron chi connectivity index (χ3n) is 4.28. The van der Waals surface area contributed by atoms with Gasteiger partial charge in [0, 0.05) is 49.8 Å². The van der Waals surface area contributed by atoms with Crippen LogP contribution < -0.4 is 5.32 Å². The number of halogens is 3. The molecule has 2 heterocycles. The van der Waals surface area contributed by atoms with E-state index in [4.69, 9.17) is 0 Å². The summed E-state index contributed by atoms with van der Waals surface area (Å²) in [5.41, 5.74) is 0.413. The predicted molar refractivity (Wildman–Crippen MR) is 90.1 cm³/mol. The number of hydrogen-bond acceptors (Lipinski definition) is 3. The molecular formula is C15H20BrClFN3O.